The van der Waals surface area contributed by atoms with Crippen LogP contribution in [0.15, 0.2) is 54.5 Å². The van der Waals surface area contributed by atoms with Crippen LogP contribution in [0.5, 0.6) is 0 Å². The Hall–Kier alpha value is -1.92. The van der Waals surface area contributed by atoms with Gasteiger partial charge in [-0.3, -0.25) is 4.55 Å². The van der Waals surface area contributed by atoms with E-state index >= 15 is 0 Å². The molecule has 0 saturated heterocycles. The van der Waals surface area contributed by atoms with Gasteiger partial charge in [0.05, 0.1) is 11.7 Å². The van der Waals surface area contributed by atoms with Gasteiger partial charge in [0.1, 0.15) is 0 Å². The van der Waals surface area contributed by atoms with Gasteiger partial charge in [0.15, 0.2) is 0 Å². The first-order valence-electron chi connectivity index (χ1n) is 4.71. The number of hydrogen-bond acceptors (Lipinski definition) is 3. The minimum atomic E-state index is -4.00. The van der Waals surface area contributed by atoms with Crippen LogP contribution in [-0.4, -0.2) is 22.9 Å². The first kappa shape index (κ1) is 13.1. The van der Waals surface area contributed by atoms with E-state index in [-0.39, 0.29) is 0 Å². The molecule has 0 amide bonds. The third-order valence-electron chi connectivity index (χ3n) is 1.64. The Morgan fingerprint density at radius 1 is 1.24 bits per heavy atom. The van der Waals surface area contributed by atoms with Crippen LogP contribution < -0.4 is 0 Å². The predicted octanol–water partition coefficient (Wildman–Crippen LogP) is 1.95. The van der Waals surface area contributed by atoms with E-state index in [9.17, 15) is 8.42 Å². The minimum Gasteiger partial charge on any atom is -0.351 e. The SMILES string of the molecule is O=S(=O)(O)C=Cc1ccccc1.c1c[nH]cn1. The fourth-order valence-electron chi connectivity index (χ4n) is 0.944. The molecule has 0 unspecified atom stereocenters. The lowest BCUT2D eigenvalue weighted by Gasteiger charge is -1.89. The average molecular weight is 252 g/mol. The molecule has 1 aromatic carbocycles. The van der Waals surface area contributed by atoms with Crippen LogP contribution in [0, 0.1) is 0 Å². The van der Waals surface area contributed by atoms with Gasteiger partial charge in [0.2, 0.25) is 0 Å². The molecule has 0 fully saturated rings. The number of rotatable bonds is 2. The molecule has 2 rings (SSSR count). The van der Waals surface area contributed by atoms with Crippen molar-refractivity contribution >= 4 is 16.2 Å². The second-order valence-electron chi connectivity index (χ2n) is 2.99. The van der Waals surface area contributed by atoms with Gasteiger partial charge in [-0.05, 0) is 11.6 Å². The number of benzene rings is 1. The molecule has 0 aliphatic rings. The van der Waals surface area contributed by atoms with Crippen molar-refractivity contribution in [2.75, 3.05) is 0 Å². The van der Waals surface area contributed by atoms with E-state index < -0.39 is 10.1 Å². The van der Waals surface area contributed by atoms with Gasteiger partial charge in [0, 0.05) is 12.4 Å². The Morgan fingerprint density at radius 2 is 1.94 bits per heavy atom. The van der Waals surface area contributed by atoms with E-state index in [0.29, 0.717) is 0 Å². The van der Waals surface area contributed by atoms with Crippen molar-refractivity contribution in [3.8, 4) is 0 Å². The summed E-state index contributed by atoms with van der Waals surface area (Å²) in [6.07, 6.45) is 6.41. The van der Waals surface area contributed by atoms with Crippen LogP contribution in [0.3, 0.4) is 0 Å². The van der Waals surface area contributed by atoms with Gasteiger partial charge < -0.3 is 4.98 Å². The lowest BCUT2D eigenvalue weighted by Crippen LogP contribution is -1.88. The van der Waals surface area contributed by atoms with E-state index in [0.717, 1.165) is 11.0 Å². The van der Waals surface area contributed by atoms with Gasteiger partial charge in [0.25, 0.3) is 10.1 Å². The molecule has 0 bridgehead atoms. The van der Waals surface area contributed by atoms with Crippen molar-refractivity contribution in [2.24, 2.45) is 0 Å². The number of nitrogens with one attached hydrogen (secondary N) is 1. The maximum atomic E-state index is 10.3. The van der Waals surface area contributed by atoms with Crippen molar-refractivity contribution < 1.29 is 13.0 Å². The van der Waals surface area contributed by atoms with Crippen LogP contribution in [0.1, 0.15) is 5.56 Å². The standard InChI is InChI=1S/C8H8O3S.C3H4N2/c9-12(10,11)7-6-8-4-2-1-3-5-8;1-2-5-3-4-1/h1-7H,(H,9,10,11);1-3H,(H,4,5). The largest absolute Gasteiger partial charge is 0.351 e. The fourth-order valence-corrected chi connectivity index (χ4v) is 1.27. The van der Waals surface area contributed by atoms with Gasteiger partial charge >= 0.3 is 0 Å². The lowest BCUT2D eigenvalue weighted by atomic mass is 10.2. The summed E-state index contributed by atoms with van der Waals surface area (Å²) in [4.78, 5) is 6.42. The second-order valence-corrected chi connectivity index (χ2v) is 4.29. The Labute approximate surface area is 99.6 Å². The van der Waals surface area contributed by atoms with Crippen molar-refractivity contribution in [1.29, 1.82) is 0 Å². The summed E-state index contributed by atoms with van der Waals surface area (Å²) < 4.78 is 28.9. The summed E-state index contributed by atoms with van der Waals surface area (Å²) in [5.41, 5.74) is 0.732. The lowest BCUT2D eigenvalue weighted by molar-refractivity contribution is 0.494. The quantitative estimate of drug-likeness (QED) is 0.800. The number of hydrogen-bond donors (Lipinski definition) is 2. The summed E-state index contributed by atoms with van der Waals surface area (Å²) in [5.74, 6) is 0. The molecule has 1 heterocycles. The highest BCUT2D eigenvalue weighted by Gasteiger charge is 1.94. The molecule has 17 heavy (non-hydrogen) atoms. The maximum Gasteiger partial charge on any atom is 0.287 e. The van der Waals surface area contributed by atoms with Crippen molar-refractivity contribution in [3.63, 3.8) is 0 Å². The molecule has 2 N–H and O–H groups in total. The number of nitrogens with zero attached hydrogens (tertiary/aromatic N) is 1. The molecule has 90 valence electrons. The zero-order valence-electron chi connectivity index (χ0n) is 8.89. The molecule has 2 aromatic rings. The Morgan fingerprint density at radius 3 is 2.35 bits per heavy atom. The number of aromatic nitrogens is 2. The Balaban J connectivity index is 0.000000239. The molecule has 1 aromatic heterocycles. The zero-order valence-corrected chi connectivity index (χ0v) is 9.71. The highest BCUT2D eigenvalue weighted by Crippen LogP contribution is 2.01. The van der Waals surface area contributed by atoms with Crippen LogP contribution >= 0.6 is 0 Å². The van der Waals surface area contributed by atoms with E-state index in [2.05, 4.69) is 9.97 Å². The summed E-state index contributed by atoms with van der Waals surface area (Å²) in [6, 6.07) is 8.86. The third kappa shape index (κ3) is 7.04. The molecule has 0 saturated carbocycles. The Kier molecular flexibility index (Phi) is 5.12. The van der Waals surface area contributed by atoms with Crippen LogP contribution in [0.4, 0.5) is 0 Å². The van der Waals surface area contributed by atoms with Crippen LogP contribution in [0.2, 0.25) is 0 Å². The topological polar surface area (TPSA) is 83.0 Å². The predicted molar refractivity (Wildman–Crippen MR) is 65.6 cm³/mol. The molecule has 0 aliphatic carbocycles. The monoisotopic (exact) mass is 252 g/mol. The van der Waals surface area contributed by atoms with E-state index in [1.54, 1.807) is 43.0 Å². The van der Waals surface area contributed by atoms with Crippen LogP contribution in [0.25, 0.3) is 6.08 Å². The van der Waals surface area contributed by atoms with Crippen molar-refractivity contribution in [1.82, 2.24) is 9.97 Å². The molecular weight excluding hydrogens is 240 g/mol. The van der Waals surface area contributed by atoms with E-state index in [4.69, 9.17) is 4.55 Å². The Bertz CT molecular complexity index is 516. The molecule has 6 heteroatoms. The molecular formula is C11H12N2O3S. The van der Waals surface area contributed by atoms with Crippen LogP contribution in [-0.2, 0) is 10.1 Å². The molecule has 0 atom stereocenters. The summed E-state index contributed by atoms with van der Waals surface area (Å²) in [7, 11) is -4.00. The fraction of sp³-hybridized carbons (Fsp3) is 0. The van der Waals surface area contributed by atoms with Gasteiger partial charge in [-0.2, -0.15) is 8.42 Å². The normalized spacial score (nSPS) is 10.9. The molecule has 5 nitrogen and oxygen atoms in total. The molecule has 0 spiro atoms. The number of H-pyrrole nitrogens is 1. The van der Waals surface area contributed by atoms with Gasteiger partial charge in [-0.25, -0.2) is 4.98 Å². The highest BCUT2D eigenvalue weighted by molar-refractivity contribution is 7.88. The second kappa shape index (κ2) is 6.62. The van der Waals surface area contributed by atoms with E-state index in [1.165, 1.54) is 6.08 Å². The van der Waals surface area contributed by atoms with Gasteiger partial charge in [-0.15, -0.1) is 0 Å². The van der Waals surface area contributed by atoms with Crippen molar-refractivity contribution in [3.05, 3.63) is 60.0 Å². The zero-order chi connectivity index (χ0) is 12.6. The first-order valence-corrected chi connectivity index (χ1v) is 6.21. The van der Waals surface area contributed by atoms with Crippen molar-refractivity contribution in [2.45, 2.75) is 0 Å². The minimum absolute atomic E-state index is 0.732. The summed E-state index contributed by atoms with van der Waals surface area (Å²) >= 11 is 0. The number of imidazole rings is 1. The molecule has 0 aliphatic heterocycles. The van der Waals surface area contributed by atoms with Gasteiger partial charge in [-0.1, -0.05) is 30.3 Å². The highest BCUT2D eigenvalue weighted by atomic mass is 32.2. The molecule has 0 radical (unpaired) electrons. The summed E-state index contributed by atoms with van der Waals surface area (Å²) in [6.45, 7) is 0. The summed E-state index contributed by atoms with van der Waals surface area (Å²) in [5, 5.41) is 0.752. The third-order valence-corrected chi connectivity index (χ3v) is 2.12. The first-order chi connectivity index (χ1) is 8.08. The number of aromatic amines is 1. The average Bonchev–Trinajstić information content (AvgIpc) is 2.85. The van der Waals surface area contributed by atoms with E-state index in [1.807, 2.05) is 6.07 Å². The maximum absolute atomic E-state index is 10.3. The smallest absolute Gasteiger partial charge is 0.287 e.